The molecule has 1 rings (SSSR count). The first-order valence-corrected chi connectivity index (χ1v) is 11.9. The maximum absolute atomic E-state index is 12.6. The van der Waals surface area contributed by atoms with Crippen LogP contribution in [-0.2, 0) is 0 Å². The zero-order valence-corrected chi connectivity index (χ0v) is 18.8. The fraction of sp³-hybridized carbons (Fsp3) is 0.654. The van der Waals surface area contributed by atoms with Gasteiger partial charge in [-0.25, -0.2) is 0 Å². The molecule has 0 aromatic heterocycles. The van der Waals surface area contributed by atoms with Gasteiger partial charge >= 0.3 is 0 Å². The molecule has 0 bridgehead atoms. The van der Waals surface area contributed by atoms with E-state index in [1.165, 1.54) is 76.7 Å². The average molecular weight is 419 g/mol. The van der Waals surface area contributed by atoms with E-state index in [-0.39, 0.29) is 11.5 Å². The summed E-state index contributed by atoms with van der Waals surface area (Å²) in [4.78, 5) is 12.6. The summed E-state index contributed by atoms with van der Waals surface area (Å²) in [5, 5.41) is 28.2. The third-order valence-electron chi connectivity index (χ3n) is 5.59. The second-order valence-electron chi connectivity index (χ2n) is 8.27. The van der Waals surface area contributed by atoms with Gasteiger partial charge in [-0.2, -0.15) is 0 Å². The molecule has 0 saturated heterocycles. The van der Waals surface area contributed by atoms with E-state index < -0.39 is 12.7 Å². The lowest BCUT2D eigenvalue weighted by molar-refractivity contribution is 0.0888. The molecule has 0 fully saturated rings. The molecular formula is C26H42O4. The Hall–Kier alpha value is -1.65. The van der Waals surface area contributed by atoms with Gasteiger partial charge in [0.1, 0.15) is 11.9 Å². The summed E-state index contributed by atoms with van der Waals surface area (Å²) < 4.78 is 0. The number of rotatable bonds is 18. The lowest BCUT2D eigenvalue weighted by Gasteiger charge is -2.09. The molecule has 0 radical (unpaired) electrons. The SMILES string of the molecule is CCCCCCCCCCCCCCCC(=O)c1ccccc1C=C(O)C(O)CO. The smallest absolute Gasteiger partial charge is 0.163 e. The highest BCUT2D eigenvalue weighted by atomic mass is 16.3. The van der Waals surface area contributed by atoms with E-state index in [1.54, 1.807) is 24.3 Å². The first kappa shape index (κ1) is 26.4. The van der Waals surface area contributed by atoms with E-state index in [9.17, 15) is 15.0 Å². The Morgan fingerprint density at radius 3 is 1.90 bits per heavy atom. The summed E-state index contributed by atoms with van der Waals surface area (Å²) in [7, 11) is 0. The number of carbonyl (C=O) groups is 1. The normalized spacial score (nSPS) is 12.8. The molecule has 0 amide bonds. The van der Waals surface area contributed by atoms with Crippen molar-refractivity contribution in [2.24, 2.45) is 0 Å². The summed E-state index contributed by atoms with van der Waals surface area (Å²) in [5.41, 5.74) is 1.12. The number of aliphatic hydroxyl groups is 3. The van der Waals surface area contributed by atoms with Crippen LogP contribution in [0.5, 0.6) is 0 Å². The molecule has 0 aliphatic heterocycles. The summed E-state index contributed by atoms with van der Waals surface area (Å²) in [5.74, 6) is -0.282. The third-order valence-corrected chi connectivity index (χ3v) is 5.59. The highest BCUT2D eigenvalue weighted by molar-refractivity contribution is 5.99. The average Bonchev–Trinajstić information content (AvgIpc) is 2.76. The zero-order valence-electron chi connectivity index (χ0n) is 18.8. The van der Waals surface area contributed by atoms with Gasteiger partial charge in [0, 0.05) is 12.0 Å². The van der Waals surface area contributed by atoms with Gasteiger partial charge in [0.05, 0.1) is 6.61 Å². The van der Waals surface area contributed by atoms with Crippen molar-refractivity contribution in [3.63, 3.8) is 0 Å². The Balaban J connectivity index is 2.19. The second-order valence-corrected chi connectivity index (χ2v) is 8.27. The van der Waals surface area contributed by atoms with Crippen molar-refractivity contribution in [2.45, 2.75) is 103 Å². The number of carbonyl (C=O) groups excluding carboxylic acids is 1. The molecule has 1 aromatic rings. The fourth-order valence-electron chi connectivity index (χ4n) is 3.66. The first-order chi connectivity index (χ1) is 14.6. The summed E-state index contributed by atoms with van der Waals surface area (Å²) in [6, 6.07) is 7.06. The molecule has 0 heterocycles. The van der Waals surface area contributed by atoms with Crippen molar-refractivity contribution in [1.82, 2.24) is 0 Å². The monoisotopic (exact) mass is 418 g/mol. The van der Waals surface area contributed by atoms with Crippen molar-refractivity contribution in [2.75, 3.05) is 6.61 Å². The van der Waals surface area contributed by atoms with Gasteiger partial charge in [-0.3, -0.25) is 4.79 Å². The molecule has 30 heavy (non-hydrogen) atoms. The van der Waals surface area contributed by atoms with Crippen molar-refractivity contribution < 1.29 is 20.1 Å². The first-order valence-electron chi connectivity index (χ1n) is 11.9. The highest BCUT2D eigenvalue weighted by Crippen LogP contribution is 2.18. The molecule has 0 aliphatic rings. The lowest BCUT2D eigenvalue weighted by atomic mass is 9.98. The largest absolute Gasteiger partial charge is 0.509 e. The van der Waals surface area contributed by atoms with Crippen LogP contribution in [0, 0.1) is 0 Å². The van der Waals surface area contributed by atoms with Crippen LogP contribution < -0.4 is 0 Å². The number of benzene rings is 1. The van der Waals surface area contributed by atoms with Crippen LogP contribution in [0.3, 0.4) is 0 Å². The molecule has 1 aromatic carbocycles. The number of hydrogen-bond donors (Lipinski definition) is 3. The van der Waals surface area contributed by atoms with Crippen molar-refractivity contribution >= 4 is 11.9 Å². The number of ketones is 1. The standard InChI is InChI=1S/C26H42O4/c1-2-3-4-5-6-7-8-9-10-11-12-13-14-19-24(28)23-18-16-15-17-22(23)20-25(29)26(30)21-27/h15-18,20,26-27,29-30H,2-14,19,21H2,1H3. The predicted molar refractivity (Wildman–Crippen MR) is 125 cm³/mol. The summed E-state index contributed by atoms with van der Waals surface area (Å²) in [6.07, 6.45) is 17.1. The lowest BCUT2D eigenvalue weighted by Crippen LogP contribution is -2.14. The van der Waals surface area contributed by atoms with Crippen LogP contribution in [-0.4, -0.2) is 33.8 Å². The zero-order chi connectivity index (χ0) is 22.0. The maximum atomic E-state index is 12.6. The molecule has 4 nitrogen and oxygen atoms in total. The Labute approximate surface area is 183 Å². The minimum Gasteiger partial charge on any atom is -0.509 e. The van der Waals surface area contributed by atoms with E-state index in [0.717, 1.165) is 12.8 Å². The second kappa shape index (κ2) is 17.1. The van der Waals surface area contributed by atoms with Crippen LogP contribution in [0.2, 0.25) is 0 Å². The molecule has 3 N–H and O–H groups in total. The van der Waals surface area contributed by atoms with Gasteiger partial charge in [0.2, 0.25) is 0 Å². The molecule has 0 saturated carbocycles. The molecule has 0 spiro atoms. The Morgan fingerprint density at radius 1 is 0.867 bits per heavy atom. The van der Waals surface area contributed by atoms with Gasteiger partial charge in [-0.1, -0.05) is 108 Å². The fourth-order valence-corrected chi connectivity index (χ4v) is 3.66. The van der Waals surface area contributed by atoms with E-state index in [4.69, 9.17) is 5.11 Å². The highest BCUT2D eigenvalue weighted by Gasteiger charge is 2.12. The minimum atomic E-state index is -1.32. The van der Waals surface area contributed by atoms with Crippen LogP contribution in [0.1, 0.15) is 113 Å². The van der Waals surface area contributed by atoms with E-state index in [1.807, 2.05) is 0 Å². The van der Waals surface area contributed by atoms with Gasteiger partial charge < -0.3 is 15.3 Å². The van der Waals surface area contributed by atoms with E-state index in [2.05, 4.69) is 6.92 Å². The molecule has 0 aliphatic carbocycles. The molecule has 170 valence electrons. The number of unbranched alkanes of at least 4 members (excludes halogenated alkanes) is 12. The number of aliphatic hydroxyl groups excluding tert-OH is 3. The Morgan fingerprint density at radius 2 is 1.37 bits per heavy atom. The van der Waals surface area contributed by atoms with Crippen molar-refractivity contribution in [3.8, 4) is 0 Å². The Bertz CT molecular complexity index is 609. The van der Waals surface area contributed by atoms with Crippen LogP contribution in [0.4, 0.5) is 0 Å². The minimum absolute atomic E-state index is 0.0520. The molecule has 1 unspecified atom stereocenters. The summed E-state index contributed by atoms with van der Waals surface area (Å²) >= 11 is 0. The van der Waals surface area contributed by atoms with Gasteiger partial charge in [-0.15, -0.1) is 0 Å². The number of Topliss-reactive ketones (excluding diaryl/α,β-unsaturated/α-hetero) is 1. The predicted octanol–water partition coefficient (Wildman–Crippen LogP) is 6.60. The van der Waals surface area contributed by atoms with Crippen molar-refractivity contribution in [1.29, 1.82) is 0 Å². The van der Waals surface area contributed by atoms with Gasteiger partial charge in [0.25, 0.3) is 0 Å². The van der Waals surface area contributed by atoms with Gasteiger partial charge in [0.15, 0.2) is 5.78 Å². The number of hydrogen-bond acceptors (Lipinski definition) is 4. The van der Waals surface area contributed by atoms with Crippen LogP contribution in [0.15, 0.2) is 30.0 Å². The Kier molecular flexibility index (Phi) is 15.0. The quantitative estimate of drug-likeness (QED) is 0.142. The third kappa shape index (κ3) is 11.5. The van der Waals surface area contributed by atoms with Gasteiger partial charge in [-0.05, 0) is 18.1 Å². The summed E-state index contributed by atoms with van der Waals surface area (Å²) in [6.45, 7) is 1.70. The molecule has 1 atom stereocenters. The van der Waals surface area contributed by atoms with Crippen molar-refractivity contribution in [3.05, 3.63) is 41.2 Å². The van der Waals surface area contributed by atoms with Crippen LogP contribution in [0.25, 0.3) is 6.08 Å². The van der Waals surface area contributed by atoms with E-state index >= 15 is 0 Å². The maximum Gasteiger partial charge on any atom is 0.163 e. The molecular weight excluding hydrogens is 376 g/mol. The van der Waals surface area contributed by atoms with E-state index in [0.29, 0.717) is 17.5 Å². The topological polar surface area (TPSA) is 77.8 Å². The van der Waals surface area contributed by atoms with Crippen LogP contribution >= 0.6 is 0 Å². The molecule has 4 heteroatoms.